The minimum Gasteiger partial charge on any atom is -0.507 e. The monoisotopic (exact) mass is 434 g/mol. The predicted molar refractivity (Wildman–Crippen MR) is 118 cm³/mol. The van der Waals surface area contributed by atoms with Crippen molar-refractivity contribution in [2.75, 3.05) is 12.0 Å². The number of benzene rings is 2. The van der Waals surface area contributed by atoms with Gasteiger partial charge in [-0.15, -0.1) is 0 Å². The van der Waals surface area contributed by atoms with E-state index in [9.17, 15) is 14.7 Å². The number of hydrogen-bond donors (Lipinski definition) is 1. The molecule has 1 N–H and O–H groups in total. The van der Waals surface area contributed by atoms with E-state index in [2.05, 4.69) is 4.98 Å². The van der Waals surface area contributed by atoms with E-state index in [0.717, 1.165) is 0 Å². The van der Waals surface area contributed by atoms with Crippen LogP contribution in [0.2, 0.25) is 5.02 Å². The quantitative estimate of drug-likeness (QED) is 0.366. The number of para-hydroxylation sites is 1. The summed E-state index contributed by atoms with van der Waals surface area (Å²) in [7, 11) is 1.47. The van der Waals surface area contributed by atoms with Gasteiger partial charge in [0, 0.05) is 23.1 Å². The Hall–Kier alpha value is -3.64. The molecule has 4 rings (SSSR count). The number of amides is 1. The van der Waals surface area contributed by atoms with Gasteiger partial charge in [-0.2, -0.15) is 0 Å². The second kappa shape index (κ2) is 8.24. The number of aromatic nitrogens is 1. The third-order valence-corrected chi connectivity index (χ3v) is 5.71. The van der Waals surface area contributed by atoms with E-state index in [1.165, 1.54) is 12.0 Å². The van der Waals surface area contributed by atoms with Gasteiger partial charge in [0.05, 0.1) is 24.3 Å². The highest BCUT2D eigenvalue weighted by Gasteiger charge is 2.47. The Morgan fingerprint density at radius 3 is 2.58 bits per heavy atom. The van der Waals surface area contributed by atoms with Gasteiger partial charge in [-0.25, -0.2) is 0 Å². The van der Waals surface area contributed by atoms with E-state index >= 15 is 0 Å². The number of rotatable bonds is 4. The Kier molecular flexibility index (Phi) is 5.48. The van der Waals surface area contributed by atoms with Gasteiger partial charge in [0.15, 0.2) is 0 Å². The first kappa shape index (κ1) is 20.6. The van der Waals surface area contributed by atoms with Crippen molar-refractivity contribution in [3.8, 4) is 5.75 Å². The summed E-state index contributed by atoms with van der Waals surface area (Å²) >= 11 is 6.29. The Morgan fingerprint density at radius 1 is 1.10 bits per heavy atom. The standard InChI is InChI=1S/C24H19ClN2O4/c1-14-17(25)9-5-10-18(14)27-21(15-7-6-12-26-13-15)20(23(29)24(27)30)22(28)16-8-3-4-11-19(16)31-2/h3-13,21,28H,1-2H3/b22-20+. The summed E-state index contributed by atoms with van der Waals surface area (Å²) in [4.78, 5) is 31.9. The molecule has 3 aromatic rings. The van der Waals surface area contributed by atoms with Gasteiger partial charge in [-0.3, -0.25) is 19.5 Å². The van der Waals surface area contributed by atoms with Crippen molar-refractivity contribution in [1.82, 2.24) is 4.98 Å². The number of carbonyl (C=O) groups excluding carboxylic acids is 2. The normalized spacial score (nSPS) is 17.8. The maximum Gasteiger partial charge on any atom is 0.300 e. The van der Waals surface area contributed by atoms with E-state index in [0.29, 0.717) is 33.1 Å². The molecule has 0 spiro atoms. The second-order valence-corrected chi connectivity index (χ2v) is 7.45. The first-order valence-electron chi connectivity index (χ1n) is 9.55. The van der Waals surface area contributed by atoms with Gasteiger partial charge in [0.25, 0.3) is 11.7 Å². The van der Waals surface area contributed by atoms with Gasteiger partial charge in [0.2, 0.25) is 0 Å². The van der Waals surface area contributed by atoms with E-state index < -0.39 is 17.7 Å². The van der Waals surface area contributed by atoms with Crippen LogP contribution in [0.5, 0.6) is 5.75 Å². The van der Waals surface area contributed by atoms with Crippen LogP contribution in [0, 0.1) is 6.92 Å². The maximum absolute atomic E-state index is 13.2. The highest BCUT2D eigenvalue weighted by molar-refractivity contribution is 6.52. The number of aliphatic hydroxyl groups is 1. The van der Waals surface area contributed by atoms with Crippen LogP contribution in [0.4, 0.5) is 5.69 Å². The number of hydrogen-bond acceptors (Lipinski definition) is 5. The molecule has 0 radical (unpaired) electrons. The lowest BCUT2D eigenvalue weighted by Crippen LogP contribution is -2.30. The average molecular weight is 435 g/mol. The SMILES string of the molecule is COc1ccccc1/C(O)=C1\C(=O)C(=O)N(c2cccc(Cl)c2C)C1c1cccnc1. The van der Waals surface area contributed by atoms with Gasteiger partial charge in [0.1, 0.15) is 11.5 Å². The Bertz CT molecular complexity index is 1210. The number of pyridine rings is 1. The van der Waals surface area contributed by atoms with Crippen molar-refractivity contribution in [1.29, 1.82) is 0 Å². The Balaban J connectivity index is 2.00. The highest BCUT2D eigenvalue weighted by Crippen LogP contribution is 2.44. The molecule has 1 amide bonds. The Labute approximate surface area is 184 Å². The fraction of sp³-hybridized carbons (Fsp3) is 0.125. The molecule has 0 aliphatic carbocycles. The molecular formula is C24H19ClN2O4. The van der Waals surface area contributed by atoms with Crippen LogP contribution in [0.25, 0.3) is 5.76 Å². The smallest absolute Gasteiger partial charge is 0.300 e. The summed E-state index contributed by atoms with van der Waals surface area (Å²) in [5.74, 6) is -1.48. The summed E-state index contributed by atoms with van der Waals surface area (Å²) < 4.78 is 5.34. The molecule has 156 valence electrons. The van der Waals surface area contributed by atoms with Crippen molar-refractivity contribution in [3.05, 3.63) is 94.3 Å². The highest BCUT2D eigenvalue weighted by atomic mass is 35.5. The van der Waals surface area contributed by atoms with Crippen LogP contribution in [0.3, 0.4) is 0 Å². The van der Waals surface area contributed by atoms with Crippen LogP contribution in [-0.2, 0) is 9.59 Å². The molecule has 1 saturated heterocycles. The van der Waals surface area contributed by atoms with Crippen LogP contribution >= 0.6 is 11.6 Å². The lowest BCUT2D eigenvalue weighted by Gasteiger charge is -2.27. The van der Waals surface area contributed by atoms with Gasteiger partial charge < -0.3 is 9.84 Å². The van der Waals surface area contributed by atoms with Crippen LogP contribution in [0.1, 0.15) is 22.7 Å². The zero-order valence-corrected chi connectivity index (χ0v) is 17.6. The summed E-state index contributed by atoms with van der Waals surface area (Å²) in [5, 5.41) is 11.7. The summed E-state index contributed by atoms with van der Waals surface area (Å²) in [6.45, 7) is 1.78. The first-order valence-corrected chi connectivity index (χ1v) is 9.93. The van der Waals surface area contributed by atoms with Gasteiger partial charge >= 0.3 is 0 Å². The van der Waals surface area contributed by atoms with E-state index in [1.54, 1.807) is 73.9 Å². The van der Waals surface area contributed by atoms with Crippen LogP contribution in [-0.4, -0.2) is 28.9 Å². The van der Waals surface area contributed by atoms with Crippen molar-refractivity contribution >= 4 is 34.7 Å². The zero-order chi connectivity index (χ0) is 22.1. The number of ketones is 1. The number of aliphatic hydroxyl groups excluding tert-OH is 1. The fourth-order valence-corrected chi connectivity index (χ4v) is 3.95. The van der Waals surface area contributed by atoms with E-state index in [-0.39, 0.29) is 11.3 Å². The molecular weight excluding hydrogens is 416 g/mol. The largest absolute Gasteiger partial charge is 0.507 e. The number of ether oxygens (including phenoxy) is 1. The minimum atomic E-state index is -0.879. The van der Waals surface area contributed by atoms with Crippen molar-refractivity contribution in [3.63, 3.8) is 0 Å². The van der Waals surface area contributed by atoms with E-state index in [1.807, 2.05) is 0 Å². The molecule has 1 unspecified atom stereocenters. The van der Waals surface area contributed by atoms with Crippen molar-refractivity contribution < 1.29 is 19.4 Å². The van der Waals surface area contributed by atoms with Crippen LogP contribution < -0.4 is 9.64 Å². The second-order valence-electron chi connectivity index (χ2n) is 7.04. The lowest BCUT2D eigenvalue weighted by atomic mass is 9.95. The van der Waals surface area contributed by atoms with E-state index in [4.69, 9.17) is 16.3 Å². The van der Waals surface area contributed by atoms with Crippen molar-refractivity contribution in [2.45, 2.75) is 13.0 Å². The summed E-state index contributed by atoms with van der Waals surface area (Å²) in [5.41, 5.74) is 2.00. The Morgan fingerprint density at radius 2 is 1.87 bits per heavy atom. The van der Waals surface area contributed by atoms with Gasteiger partial charge in [-0.05, 0) is 48.4 Å². The molecule has 1 atom stereocenters. The molecule has 1 fully saturated rings. The third kappa shape index (κ3) is 3.45. The molecule has 6 nitrogen and oxygen atoms in total. The minimum absolute atomic E-state index is 0.0399. The molecule has 2 heterocycles. The number of anilines is 1. The average Bonchev–Trinajstić information content (AvgIpc) is 3.06. The maximum atomic E-state index is 13.2. The molecule has 7 heteroatoms. The number of Topliss-reactive ketones (excluding diaryl/α,β-unsaturated/α-hetero) is 1. The molecule has 2 aromatic carbocycles. The number of carbonyl (C=O) groups is 2. The zero-order valence-electron chi connectivity index (χ0n) is 16.9. The summed E-state index contributed by atoms with van der Waals surface area (Å²) in [6.07, 6.45) is 3.17. The molecule has 0 saturated carbocycles. The molecule has 1 aliphatic heterocycles. The molecule has 1 aromatic heterocycles. The number of halogens is 1. The first-order chi connectivity index (χ1) is 15.0. The van der Waals surface area contributed by atoms with Crippen LogP contribution in [0.15, 0.2) is 72.6 Å². The van der Waals surface area contributed by atoms with Gasteiger partial charge in [-0.1, -0.05) is 35.9 Å². The fourth-order valence-electron chi connectivity index (χ4n) is 3.78. The lowest BCUT2D eigenvalue weighted by molar-refractivity contribution is -0.132. The molecule has 1 aliphatic rings. The molecule has 31 heavy (non-hydrogen) atoms. The number of nitrogens with zero attached hydrogens (tertiary/aromatic N) is 2. The third-order valence-electron chi connectivity index (χ3n) is 5.31. The number of methoxy groups -OCH3 is 1. The predicted octanol–water partition coefficient (Wildman–Crippen LogP) is 4.68. The van der Waals surface area contributed by atoms with Crippen molar-refractivity contribution in [2.24, 2.45) is 0 Å². The molecule has 0 bridgehead atoms. The topological polar surface area (TPSA) is 79.7 Å². The summed E-state index contributed by atoms with van der Waals surface area (Å²) in [6, 6.07) is 14.5.